The first-order chi connectivity index (χ1) is 8.61. The third kappa shape index (κ3) is 2.82. The fraction of sp³-hybridized carbons (Fsp3) is 0.375. The zero-order chi connectivity index (χ0) is 13.1. The van der Waals surface area contributed by atoms with Crippen LogP contribution in [0.2, 0.25) is 0 Å². The highest BCUT2D eigenvalue weighted by Gasteiger charge is 2.11. The van der Waals surface area contributed by atoms with Crippen molar-refractivity contribution in [2.24, 2.45) is 0 Å². The first-order valence-corrected chi connectivity index (χ1v) is 7.25. The van der Waals surface area contributed by atoms with E-state index in [0.29, 0.717) is 0 Å². The average Bonchev–Trinajstić information content (AvgIpc) is 2.70. The van der Waals surface area contributed by atoms with Crippen LogP contribution in [0, 0.1) is 6.92 Å². The van der Waals surface area contributed by atoms with Gasteiger partial charge in [-0.3, -0.25) is 0 Å². The second-order valence-corrected chi connectivity index (χ2v) is 6.11. The molecule has 0 N–H and O–H groups in total. The zero-order valence-corrected chi connectivity index (χ0v) is 12.5. The summed E-state index contributed by atoms with van der Waals surface area (Å²) >= 11 is 1.94. The number of thiophene rings is 1. The van der Waals surface area contributed by atoms with Gasteiger partial charge in [0.05, 0.1) is 0 Å². The van der Waals surface area contributed by atoms with Crippen LogP contribution in [-0.4, -0.2) is 19.0 Å². The number of benzene rings is 1. The average molecular weight is 259 g/mol. The molecule has 2 heteroatoms. The van der Waals surface area contributed by atoms with E-state index >= 15 is 0 Å². The molecule has 0 radical (unpaired) electrons. The van der Waals surface area contributed by atoms with Crippen molar-refractivity contribution >= 4 is 11.3 Å². The van der Waals surface area contributed by atoms with Crippen molar-refractivity contribution in [2.45, 2.75) is 26.8 Å². The minimum absolute atomic E-state index is 0.995. The molecule has 1 aromatic carbocycles. The van der Waals surface area contributed by atoms with E-state index in [9.17, 15) is 0 Å². The van der Waals surface area contributed by atoms with Gasteiger partial charge in [-0.1, -0.05) is 31.2 Å². The van der Waals surface area contributed by atoms with Crippen molar-refractivity contribution in [1.82, 2.24) is 4.90 Å². The molecule has 1 heterocycles. The molecule has 2 aromatic rings. The van der Waals surface area contributed by atoms with E-state index in [4.69, 9.17) is 0 Å². The van der Waals surface area contributed by atoms with Crippen LogP contribution in [-0.2, 0) is 13.0 Å². The van der Waals surface area contributed by atoms with Crippen molar-refractivity contribution in [3.8, 4) is 10.4 Å². The third-order valence-electron chi connectivity index (χ3n) is 3.07. The van der Waals surface area contributed by atoms with Crippen LogP contribution in [0.5, 0.6) is 0 Å². The monoisotopic (exact) mass is 259 g/mol. The van der Waals surface area contributed by atoms with Gasteiger partial charge in [-0.2, -0.15) is 0 Å². The Labute approximate surface area is 114 Å². The first-order valence-electron chi connectivity index (χ1n) is 6.44. The van der Waals surface area contributed by atoms with E-state index in [1.54, 1.807) is 0 Å². The second-order valence-electron chi connectivity index (χ2n) is 4.97. The fourth-order valence-corrected chi connectivity index (χ4v) is 3.38. The van der Waals surface area contributed by atoms with Crippen LogP contribution in [0.1, 0.15) is 22.9 Å². The van der Waals surface area contributed by atoms with E-state index in [2.05, 4.69) is 63.2 Å². The lowest BCUT2D eigenvalue weighted by atomic mass is 10.0. The van der Waals surface area contributed by atoms with E-state index in [1.165, 1.54) is 26.4 Å². The van der Waals surface area contributed by atoms with E-state index in [1.807, 2.05) is 11.3 Å². The van der Waals surface area contributed by atoms with E-state index < -0.39 is 0 Å². The molecule has 0 fully saturated rings. The van der Waals surface area contributed by atoms with Crippen LogP contribution >= 0.6 is 11.3 Å². The van der Waals surface area contributed by atoms with Gasteiger partial charge in [-0.05, 0) is 50.2 Å². The molecule has 96 valence electrons. The maximum Gasteiger partial charge on any atom is 0.0378 e. The predicted octanol–water partition coefficient (Wildman–Crippen LogP) is 4.35. The summed E-state index contributed by atoms with van der Waals surface area (Å²) in [5, 5.41) is 0. The number of hydrogen-bond donors (Lipinski definition) is 0. The van der Waals surface area contributed by atoms with E-state index in [-0.39, 0.29) is 0 Å². The van der Waals surface area contributed by atoms with Crippen molar-refractivity contribution < 1.29 is 0 Å². The van der Waals surface area contributed by atoms with Gasteiger partial charge < -0.3 is 4.90 Å². The lowest BCUT2D eigenvalue weighted by molar-refractivity contribution is 0.403. The molecule has 0 saturated heterocycles. The molecule has 18 heavy (non-hydrogen) atoms. The Morgan fingerprint density at radius 2 is 1.89 bits per heavy atom. The Hall–Kier alpha value is -1.12. The molecule has 0 aliphatic rings. The largest absolute Gasteiger partial charge is 0.305 e. The van der Waals surface area contributed by atoms with Gasteiger partial charge in [0.15, 0.2) is 0 Å². The minimum atomic E-state index is 0.995. The van der Waals surface area contributed by atoms with Crippen LogP contribution in [0.4, 0.5) is 0 Å². The molecular weight excluding hydrogens is 238 g/mol. The summed E-state index contributed by atoms with van der Waals surface area (Å²) in [4.78, 5) is 5.13. The summed E-state index contributed by atoms with van der Waals surface area (Å²) in [6.07, 6.45) is 1.13. The molecule has 1 aromatic heterocycles. The highest BCUT2D eigenvalue weighted by Crippen LogP contribution is 2.35. The highest BCUT2D eigenvalue weighted by atomic mass is 32.1. The van der Waals surface area contributed by atoms with E-state index in [0.717, 1.165) is 13.0 Å². The maximum atomic E-state index is 2.33. The summed E-state index contributed by atoms with van der Waals surface area (Å²) in [6.45, 7) is 5.44. The number of rotatable bonds is 4. The SMILES string of the molecule is CCc1cc(C)c(-c2ccccc2CN(C)C)s1. The summed E-state index contributed by atoms with van der Waals surface area (Å²) in [6, 6.07) is 11.1. The van der Waals surface area contributed by atoms with Gasteiger partial charge in [0.2, 0.25) is 0 Å². The Bertz CT molecular complexity index is 526. The lowest BCUT2D eigenvalue weighted by Crippen LogP contribution is -2.11. The molecule has 0 saturated carbocycles. The molecule has 0 aliphatic carbocycles. The molecule has 0 atom stereocenters. The summed E-state index contributed by atoms with van der Waals surface area (Å²) < 4.78 is 0. The minimum Gasteiger partial charge on any atom is -0.305 e. The van der Waals surface area contributed by atoms with Crippen LogP contribution in [0.3, 0.4) is 0 Å². The van der Waals surface area contributed by atoms with Gasteiger partial charge in [0, 0.05) is 16.3 Å². The summed E-state index contributed by atoms with van der Waals surface area (Å²) in [5.74, 6) is 0. The molecule has 1 nitrogen and oxygen atoms in total. The topological polar surface area (TPSA) is 3.24 Å². The molecule has 0 aliphatic heterocycles. The van der Waals surface area contributed by atoms with Crippen molar-refractivity contribution in [1.29, 1.82) is 0 Å². The van der Waals surface area contributed by atoms with Gasteiger partial charge in [0.1, 0.15) is 0 Å². The highest BCUT2D eigenvalue weighted by molar-refractivity contribution is 7.15. The Kier molecular flexibility index (Phi) is 4.20. The lowest BCUT2D eigenvalue weighted by Gasteiger charge is -2.13. The number of hydrogen-bond acceptors (Lipinski definition) is 2. The van der Waals surface area contributed by atoms with Crippen LogP contribution in [0.15, 0.2) is 30.3 Å². The summed E-state index contributed by atoms with van der Waals surface area (Å²) in [7, 11) is 4.24. The maximum absolute atomic E-state index is 2.33. The molecule has 0 spiro atoms. The Morgan fingerprint density at radius 3 is 2.50 bits per heavy atom. The first kappa shape index (κ1) is 13.3. The van der Waals surface area contributed by atoms with Crippen molar-refractivity contribution in [3.63, 3.8) is 0 Å². The number of nitrogens with zero attached hydrogens (tertiary/aromatic N) is 1. The quantitative estimate of drug-likeness (QED) is 0.789. The second kappa shape index (κ2) is 5.68. The van der Waals surface area contributed by atoms with Gasteiger partial charge in [-0.25, -0.2) is 0 Å². The van der Waals surface area contributed by atoms with Gasteiger partial charge in [-0.15, -0.1) is 11.3 Å². The Morgan fingerprint density at radius 1 is 1.17 bits per heavy atom. The molecule has 0 unspecified atom stereocenters. The fourth-order valence-electron chi connectivity index (χ4n) is 2.21. The Balaban J connectivity index is 2.46. The number of aryl methyl sites for hydroxylation is 2. The molecular formula is C16H21NS. The molecule has 0 amide bonds. The molecule has 0 bridgehead atoms. The van der Waals surface area contributed by atoms with Gasteiger partial charge >= 0.3 is 0 Å². The van der Waals surface area contributed by atoms with Crippen molar-refractivity contribution in [2.75, 3.05) is 14.1 Å². The predicted molar refractivity (Wildman–Crippen MR) is 81.3 cm³/mol. The van der Waals surface area contributed by atoms with Gasteiger partial charge in [0.25, 0.3) is 0 Å². The van der Waals surface area contributed by atoms with Crippen LogP contribution in [0.25, 0.3) is 10.4 Å². The smallest absolute Gasteiger partial charge is 0.0378 e. The zero-order valence-electron chi connectivity index (χ0n) is 11.7. The normalized spacial score (nSPS) is 11.2. The van der Waals surface area contributed by atoms with Crippen molar-refractivity contribution in [3.05, 3.63) is 46.3 Å². The molecule has 2 rings (SSSR count). The summed E-state index contributed by atoms with van der Waals surface area (Å²) in [5.41, 5.74) is 4.21. The standard InChI is InChI=1S/C16H21NS/c1-5-14-10-12(2)16(18-14)15-9-7-6-8-13(15)11-17(3)4/h6-10H,5,11H2,1-4H3. The van der Waals surface area contributed by atoms with Crippen LogP contribution < -0.4 is 0 Å². The third-order valence-corrected chi connectivity index (χ3v) is 4.48.